The number of ether oxygens (including phenoxy) is 1. The lowest BCUT2D eigenvalue weighted by Crippen LogP contribution is -2.63. The molecule has 4 saturated carbocycles. The number of nitriles is 1. The maximum atomic E-state index is 13.6. The SMILES string of the molecule is C[C@@]12CCC(O)=C3C(=O)[C@@H](C[C@]31C#N)[C@H]1[C@@H]2[C@H](O)C[C@]2(C)[C@@H]1CC[C@@]21CCC(=O)O1. The summed E-state index contributed by atoms with van der Waals surface area (Å²) in [6.45, 7) is 4.22. The van der Waals surface area contributed by atoms with Gasteiger partial charge in [0.05, 0.1) is 23.2 Å². The average Bonchev–Trinajstić information content (AvgIpc) is 3.31. The minimum Gasteiger partial charge on any atom is -0.512 e. The van der Waals surface area contributed by atoms with Crippen LogP contribution in [0, 0.1) is 51.2 Å². The first-order valence-corrected chi connectivity index (χ1v) is 11.4. The Labute approximate surface area is 176 Å². The summed E-state index contributed by atoms with van der Waals surface area (Å²) in [6, 6.07) is 2.47. The van der Waals surface area contributed by atoms with Crippen LogP contribution in [-0.4, -0.2) is 33.7 Å². The Kier molecular flexibility index (Phi) is 3.33. The standard InChI is InChI=1S/C24H29NO5/c1-21-6-4-14(26)19-20(29)12(9-23(19,21)11-25)17-13-3-7-24(8-5-16(28)30-24)22(13,2)10-15(27)18(17)21/h12-13,15,17-18,26-27H,3-10H2,1-2H3/t12-,13+,15+,17+,18-,21-,22+,23-,24+/m0/s1. The zero-order valence-electron chi connectivity index (χ0n) is 17.6. The van der Waals surface area contributed by atoms with Gasteiger partial charge in [-0.15, -0.1) is 0 Å². The van der Waals surface area contributed by atoms with Gasteiger partial charge in [-0.2, -0.15) is 5.26 Å². The van der Waals surface area contributed by atoms with Gasteiger partial charge in [-0.25, -0.2) is 0 Å². The van der Waals surface area contributed by atoms with E-state index < -0.39 is 22.5 Å². The van der Waals surface area contributed by atoms with E-state index in [1.54, 1.807) is 0 Å². The summed E-state index contributed by atoms with van der Waals surface area (Å²) in [6.07, 6.45) is 4.11. The fourth-order valence-corrected chi connectivity index (χ4v) is 9.47. The second-order valence-electron chi connectivity index (χ2n) is 11.3. The van der Waals surface area contributed by atoms with Crippen molar-refractivity contribution in [1.82, 2.24) is 0 Å². The van der Waals surface area contributed by atoms with Crippen molar-refractivity contribution < 1.29 is 24.5 Å². The van der Waals surface area contributed by atoms with Crippen LogP contribution in [0.1, 0.15) is 65.2 Å². The number of allylic oxidation sites excluding steroid dienone is 2. The Bertz CT molecular complexity index is 965. The van der Waals surface area contributed by atoms with E-state index in [-0.39, 0.29) is 46.6 Å². The van der Waals surface area contributed by atoms with Gasteiger partial charge in [0.2, 0.25) is 0 Å². The lowest BCUT2D eigenvalue weighted by atomic mass is 9.40. The summed E-state index contributed by atoms with van der Waals surface area (Å²) in [7, 11) is 0. The number of hydrogen-bond acceptors (Lipinski definition) is 6. The minimum atomic E-state index is -0.997. The highest BCUT2D eigenvalue weighted by atomic mass is 16.6. The van der Waals surface area contributed by atoms with Crippen LogP contribution < -0.4 is 0 Å². The molecule has 2 bridgehead atoms. The fraction of sp³-hybridized carbons (Fsp3) is 0.792. The molecule has 1 spiro atoms. The molecule has 6 nitrogen and oxygen atoms in total. The number of fused-ring (bicyclic) bond motifs is 7. The molecule has 1 aliphatic heterocycles. The number of rotatable bonds is 0. The summed E-state index contributed by atoms with van der Waals surface area (Å²) in [5, 5.41) is 32.5. The van der Waals surface area contributed by atoms with Gasteiger partial charge in [0.25, 0.3) is 0 Å². The molecule has 30 heavy (non-hydrogen) atoms. The third-order valence-corrected chi connectivity index (χ3v) is 10.8. The number of nitrogens with zero attached hydrogens (tertiary/aromatic N) is 1. The van der Waals surface area contributed by atoms with E-state index >= 15 is 0 Å². The summed E-state index contributed by atoms with van der Waals surface area (Å²) >= 11 is 0. The van der Waals surface area contributed by atoms with E-state index in [0.717, 1.165) is 12.8 Å². The number of carbonyl (C=O) groups is 2. The second-order valence-corrected chi connectivity index (χ2v) is 11.3. The Morgan fingerprint density at radius 1 is 1.10 bits per heavy atom. The molecule has 0 aromatic rings. The van der Waals surface area contributed by atoms with Gasteiger partial charge in [-0.1, -0.05) is 13.8 Å². The molecule has 5 fully saturated rings. The van der Waals surface area contributed by atoms with Crippen LogP contribution in [0.15, 0.2) is 11.3 Å². The molecule has 9 atom stereocenters. The van der Waals surface area contributed by atoms with Crippen LogP contribution in [0.3, 0.4) is 0 Å². The van der Waals surface area contributed by atoms with E-state index in [9.17, 15) is 25.1 Å². The molecule has 1 heterocycles. The molecule has 0 unspecified atom stereocenters. The molecule has 0 aromatic heterocycles. The van der Waals surface area contributed by atoms with Crippen LogP contribution in [-0.2, 0) is 14.3 Å². The van der Waals surface area contributed by atoms with Gasteiger partial charge in [-0.05, 0) is 61.7 Å². The summed E-state index contributed by atoms with van der Waals surface area (Å²) in [5.74, 6) is -0.518. The molecule has 1 saturated heterocycles. The molecule has 6 heteroatoms. The zero-order chi connectivity index (χ0) is 21.3. The number of aliphatic hydroxyl groups is 2. The molecular formula is C24H29NO5. The zero-order valence-corrected chi connectivity index (χ0v) is 17.6. The molecule has 6 aliphatic rings. The van der Waals surface area contributed by atoms with E-state index in [0.29, 0.717) is 44.1 Å². The van der Waals surface area contributed by atoms with Crippen molar-refractivity contribution in [1.29, 1.82) is 5.26 Å². The molecule has 0 radical (unpaired) electrons. The van der Waals surface area contributed by atoms with Crippen molar-refractivity contribution in [3.05, 3.63) is 11.3 Å². The van der Waals surface area contributed by atoms with E-state index in [2.05, 4.69) is 19.9 Å². The van der Waals surface area contributed by atoms with Gasteiger partial charge in [-0.3, -0.25) is 9.59 Å². The molecular weight excluding hydrogens is 382 g/mol. The predicted octanol–water partition coefficient (Wildman–Crippen LogP) is 3.20. The van der Waals surface area contributed by atoms with Crippen molar-refractivity contribution in [2.45, 2.75) is 76.9 Å². The van der Waals surface area contributed by atoms with Crippen LogP contribution in [0.2, 0.25) is 0 Å². The molecule has 160 valence electrons. The normalized spacial score (nSPS) is 56.0. The fourth-order valence-electron chi connectivity index (χ4n) is 9.47. The maximum absolute atomic E-state index is 13.6. The third kappa shape index (κ3) is 1.71. The lowest BCUT2D eigenvalue weighted by Gasteiger charge is -2.63. The highest BCUT2D eigenvalue weighted by molar-refractivity contribution is 6.03. The van der Waals surface area contributed by atoms with E-state index in [4.69, 9.17) is 4.74 Å². The van der Waals surface area contributed by atoms with Crippen LogP contribution in [0.25, 0.3) is 0 Å². The van der Waals surface area contributed by atoms with Gasteiger partial charge < -0.3 is 14.9 Å². The number of aliphatic hydroxyl groups excluding tert-OH is 2. The Hall–Kier alpha value is -1.87. The molecule has 6 rings (SSSR count). The van der Waals surface area contributed by atoms with Crippen molar-refractivity contribution in [3.63, 3.8) is 0 Å². The largest absolute Gasteiger partial charge is 0.512 e. The van der Waals surface area contributed by atoms with Crippen molar-refractivity contribution in [2.24, 2.45) is 39.9 Å². The van der Waals surface area contributed by atoms with E-state index in [1.165, 1.54) is 0 Å². The van der Waals surface area contributed by atoms with Gasteiger partial charge in [0.1, 0.15) is 11.4 Å². The van der Waals surface area contributed by atoms with Crippen LogP contribution in [0.4, 0.5) is 0 Å². The van der Waals surface area contributed by atoms with Crippen molar-refractivity contribution in [3.8, 4) is 6.07 Å². The Balaban J connectivity index is 1.53. The highest BCUT2D eigenvalue weighted by Gasteiger charge is 2.77. The molecule has 2 N–H and O–H groups in total. The van der Waals surface area contributed by atoms with Crippen molar-refractivity contribution >= 4 is 11.8 Å². The van der Waals surface area contributed by atoms with Gasteiger partial charge >= 0.3 is 5.97 Å². The first-order valence-electron chi connectivity index (χ1n) is 11.4. The number of ketones is 1. The smallest absolute Gasteiger partial charge is 0.306 e. The predicted molar refractivity (Wildman–Crippen MR) is 105 cm³/mol. The summed E-state index contributed by atoms with van der Waals surface area (Å²) in [5.41, 5.74) is -2.10. The van der Waals surface area contributed by atoms with Crippen molar-refractivity contribution in [2.75, 3.05) is 0 Å². The quantitative estimate of drug-likeness (QED) is 0.593. The molecule has 0 amide bonds. The summed E-state index contributed by atoms with van der Waals surface area (Å²) < 4.78 is 5.95. The second kappa shape index (κ2) is 5.30. The number of hydrogen-bond donors (Lipinski definition) is 2. The van der Waals surface area contributed by atoms with Gasteiger partial charge in [0, 0.05) is 24.2 Å². The first kappa shape index (κ1) is 18.9. The number of Topliss-reactive ketones (excluding diaryl/α,β-unsaturated/α-hetero) is 1. The summed E-state index contributed by atoms with van der Waals surface area (Å²) in [4.78, 5) is 25.7. The Morgan fingerprint density at radius 2 is 1.87 bits per heavy atom. The third-order valence-electron chi connectivity index (χ3n) is 10.8. The maximum Gasteiger partial charge on any atom is 0.306 e. The average molecular weight is 411 g/mol. The lowest BCUT2D eigenvalue weighted by molar-refractivity contribution is -0.207. The molecule has 0 aromatic carbocycles. The highest BCUT2D eigenvalue weighted by Crippen LogP contribution is 2.76. The van der Waals surface area contributed by atoms with Crippen LogP contribution >= 0.6 is 0 Å². The molecule has 5 aliphatic carbocycles. The topological polar surface area (TPSA) is 108 Å². The monoisotopic (exact) mass is 411 g/mol. The van der Waals surface area contributed by atoms with E-state index in [1.807, 2.05) is 0 Å². The van der Waals surface area contributed by atoms with Gasteiger partial charge in [0.15, 0.2) is 5.78 Å². The first-order chi connectivity index (χ1) is 14.1. The Morgan fingerprint density at radius 3 is 2.53 bits per heavy atom. The number of carbonyl (C=O) groups excluding carboxylic acids is 2. The number of esters is 1. The van der Waals surface area contributed by atoms with Crippen LogP contribution in [0.5, 0.6) is 0 Å². The minimum absolute atomic E-state index is 0.0418.